The van der Waals surface area contributed by atoms with Crippen molar-refractivity contribution in [3.63, 3.8) is 0 Å². The number of carbonyl (C=O) groups excluding carboxylic acids is 3. The fourth-order valence-corrected chi connectivity index (χ4v) is 4.66. The van der Waals surface area contributed by atoms with E-state index in [1.807, 2.05) is 50.3 Å². The summed E-state index contributed by atoms with van der Waals surface area (Å²) in [5.41, 5.74) is 3.17. The molecule has 28 heavy (non-hydrogen) atoms. The van der Waals surface area contributed by atoms with Crippen molar-refractivity contribution in [2.75, 3.05) is 0 Å². The lowest BCUT2D eigenvalue weighted by molar-refractivity contribution is -0.158. The second-order valence-electron chi connectivity index (χ2n) is 7.93. The minimum atomic E-state index is -0.632. The summed E-state index contributed by atoms with van der Waals surface area (Å²) in [6.07, 6.45) is 7.36. The zero-order valence-corrected chi connectivity index (χ0v) is 16.6. The van der Waals surface area contributed by atoms with Gasteiger partial charge in [-0.25, -0.2) is 4.79 Å². The quantitative estimate of drug-likeness (QED) is 0.331. The summed E-state index contributed by atoms with van der Waals surface area (Å²) in [5, 5.41) is 0. The first-order chi connectivity index (χ1) is 13.4. The first-order valence-corrected chi connectivity index (χ1v) is 9.62. The molecule has 0 saturated carbocycles. The maximum atomic E-state index is 12.5. The van der Waals surface area contributed by atoms with E-state index in [1.54, 1.807) is 6.08 Å². The smallest absolute Gasteiger partial charge is 0.331 e. The van der Waals surface area contributed by atoms with Gasteiger partial charge in [0.1, 0.15) is 18.7 Å². The molecule has 2 aliphatic rings. The summed E-state index contributed by atoms with van der Waals surface area (Å²) in [7, 11) is 0. The van der Waals surface area contributed by atoms with Crippen LogP contribution < -0.4 is 0 Å². The van der Waals surface area contributed by atoms with Gasteiger partial charge in [0.05, 0.1) is 5.92 Å². The Morgan fingerprint density at radius 3 is 2.54 bits per heavy atom. The Kier molecular flexibility index (Phi) is 5.78. The summed E-state index contributed by atoms with van der Waals surface area (Å²) < 4.78 is 5.87. The molecule has 2 aliphatic carbocycles. The van der Waals surface area contributed by atoms with Gasteiger partial charge in [0.2, 0.25) is 0 Å². The molecule has 0 fully saturated rings. The molecular weight excluding hydrogens is 352 g/mol. The van der Waals surface area contributed by atoms with Crippen molar-refractivity contribution in [3.05, 3.63) is 64.8 Å². The first-order valence-electron chi connectivity index (χ1n) is 9.62. The zero-order chi connectivity index (χ0) is 20.3. The molecule has 0 aliphatic heterocycles. The van der Waals surface area contributed by atoms with Gasteiger partial charge < -0.3 is 9.53 Å². The molecule has 4 unspecified atom stereocenters. The number of hydrogen-bond donors (Lipinski definition) is 0. The average Bonchev–Trinajstić information content (AvgIpc) is 2.70. The lowest BCUT2D eigenvalue weighted by Crippen LogP contribution is -2.53. The third kappa shape index (κ3) is 3.51. The van der Waals surface area contributed by atoms with Crippen LogP contribution in [0.4, 0.5) is 0 Å². The molecule has 0 aromatic heterocycles. The van der Waals surface area contributed by atoms with Crippen molar-refractivity contribution >= 4 is 24.6 Å². The van der Waals surface area contributed by atoms with Crippen LogP contribution >= 0.6 is 0 Å². The van der Waals surface area contributed by atoms with Gasteiger partial charge in [-0.2, -0.15) is 0 Å². The molecule has 1 aromatic carbocycles. The topological polar surface area (TPSA) is 60.4 Å². The highest BCUT2D eigenvalue weighted by Crippen LogP contribution is 2.55. The monoisotopic (exact) mass is 378 g/mol. The van der Waals surface area contributed by atoms with E-state index in [0.29, 0.717) is 18.4 Å². The largest absolute Gasteiger partial charge is 0.458 e. The molecule has 3 rings (SSSR count). The van der Waals surface area contributed by atoms with Gasteiger partial charge in [-0.1, -0.05) is 54.5 Å². The Morgan fingerprint density at radius 2 is 1.89 bits per heavy atom. The summed E-state index contributed by atoms with van der Waals surface area (Å²) in [6.45, 7) is 6.10. The molecule has 146 valence electrons. The molecule has 0 N–H and O–H groups in total. The molecule has 4 atom stereocenters. The maximum absolute atomic E-state index is 12.5. The molecule has 1 aromatic rings. The van der Waals surface area contributed by atoms with Crippen LogP contribution in [-0.2, 0) is 19.1 Å². The normalized spacial score (nSPS) is 29.8. The van der Waals surface area contributed by atoms with Crippen molar-refractivity contribution in [1.82, 2.24) is 0 Å². The minimum absolute atomic E-state index is 0.0658. The lowest BCUT2D eigenvalue weighted by Gasteiger charge is -2.52. The number of ether oxygens (including phenoxy) is 1. The van der Waals surface area contributed by atoms with Crippen molar-refractivity contribution < 1.29 is 19.1 Å². The molecule has 0 spiro atoms. The number of allylic oxidation sites excluding steroid dienone is 3. The van der Waals surface area contributed by atoms with Crippen LogP contribution in [0.5, 0.6) is 0 Å². The standard InChI is InChI=1S/C24H26O4/c1-16-13-22(28-23(27)12-9-18-7-5-4-6-8-18)24(3)20(17(16)2)11-10-19(14-25)21(24)15-26/h4-10,12,14-15,20-22H,11,13H2,1-3H3. The second-order valence-corrected chi connectivity index (χ2v) is 7.93. The third-order valence-corrected chi connectivity index (χ3v) is 6.49. The van der Waals surface area contributed by atoms with E-state index in [0.717, 1.165) is 18.1 Å². The molecule has 0 amide bonds. The van der Waals surface area contributed by atoms with E-state index in [9.17, 15) is 14.4 Å². The maximum Gasteiger partial charge on any atom is 0.331 e. The predicted octanol–water partition coefficient (Wildman–Crippen LogP) is 4.32. The molecule has 0 radical (unpaired) electrons. The third-order valence-electron chi connectivity index (χ3n) is 6.49. The Bertz CT molecular complexity index is 862. The van der Waals surface area contributed by atoms with E-state index >= 15 is 0 Å². The summed E-state index contributed by atoms with van der Waals surface area (Å²) in [6, 6.07) is 9.53. The number of hydrogen-bond acceptors (Lipinski definition) is 4. The van der Waals surface area contributed by atoms with Crippen LogP contribution in [0.3, 0.4) is 0 Å². The van der Waals surface area contributed by atoms with Crippen LogP contribution in [0.25, 0.3) is 6.08 Å². The van der Waals surface area contributed by atoms with Gasteiger partial charge in [-0.3, -0.25) is 4.79 Å². The lowest BCUT2D eigenvalue weighted by atomic mass is 9.53. The second kappa shape index (κ2) is 8.09. The molecule has 0 saturated heterocycles. The molecular formula is C24H26O4. The average molecular weight is 378 g/mol. The Hall–Kier alpha value is -2.75. The highest BCUT2D eigenvalue weighted by Gasteiger charge is 2.54. The number of rotatable bonds is 5. The van der Waals surface area contributed by atoms with Gasteiger partial charge in [-0.05, 0) is 43.4 Å². The van der Waals surface area contributed by atoms with Crippen molar-refractivity contribution in [1.29, 1.82) is 0 Å². The van der Waals surface area contributed by atoms with E-state index in [1.165, 1.54) is 17.2 Å². The summed E-state index contributed by atoms with van der Waals surface area (Å²) in [5.74, 6) is -0.952. The Balaban J connectivity index is 1.90. The highest BCUT2D eigenvalue weighted by molar-refractivity contribution is 5.87. The minimum Gasteiger partial charge on any atom is -0.458 e. The molecule has 4 heteroatoms. The molecule has 0 heterocycles. The van der Waals surface area contributed by atoms with Gasteiger partial charge in [0.15, 0.2) is 0 Å². The summed E-state index contributed by atoms with van der Waals surface area (Å²) in [4.78, 5) is 36.0. The van der Waals surface area contributed by atoms with Gasteiger partial charge in [0.25, 0.3) is 0 Å². The number of benzene rings is 1. The van der Waals surface area contributed by atoms with Crippen LogP contribution in [0.2, 0.25) is 0 Å². The van der Waals surface area contributed by atoms with Crippen molar-refractivity contribution in [2.45, 2.75) is 39.7 Å². The fraction of sp³-hybridized carbons (Fsp3) is 0.375. The Morgan fingerprint density at radius 1 is 1.18 bits per heavy atom. The van der Waals surface area contributed by atoms with Gasteiger partial charge in [0, 0.05) is 17.9 Å². The van der Waals surface area contributed by atoms with E-state index in [2.05, 4.69) is 6.92 Å². The Labute approximate surface area is 166 Å². The van der Waals surface area contributed by atoms with Gasteiger partial charge >= 0.3 is 5.97 Å². The molecule has 4 nitrogen and oxygen atoms in total. The van der Waals surface area contributed by atoms with Crippen LogP contribution in [0, 0.1) is 17.3 Å². The zero-order valence-electron chi connectivity index (χ0n) is 16.6. The van der Waals surface area contributed by atoms with Crippen LogP contribution in [0.1, 0.15) is 39.2 Å². The number of fused-ring (bicyclic) bond motifs is 1. The SMILES string of the molecule is CC1=C(C)C2CC=C(C=O)C(C=O)C2(C)C(OC(=O)C=Cc2ccccc2)C1. The summed E-state index contributed by atoms with van der Waals surface area (Å²) >= 11 is 0. The van der Waals surface area contributed by atoms with Crippen molar-refractivity contribution in [3.8, 4) is 0 Å². The fourth-order valence-electron chi connectivity index (χ4n) is 4.66. The van der Waals surface area contributed by atoms with E-state index in [4.69, 9.17) is 4.74 Å². The number of aldehydes is 2. The predicted molar refractivity (Wildman–Crippen MR) is 108 cm³/mol. The highest BCUT2D eigenvalue weighted by atomic mass is 16.5. The van der Waals surface area contributed by atoms with Crippen LogP contribution in [-0.4, -0.2) is 24.6 Å². The number of esters is 1. The van der Waals surface area contributed by atoms with E-state index in [-0.39, 0.29) is 5.92 Å². The first kappa shape index (κ1) is 20.0. The van der Waals surface area contributed by atoms with Crippen LogP contribution in [0.15, 0.2) is 59.2 Å². The van der Waals surface area contributed by atoms with Gasteiger partial charge in [-0.15, -0.1) is 0 Å². The molecule has 0 bridgehead atoms. The van der Waals surface area contributed by atoms with E-state index < -0.39 is 23.4 Å². The number of carbonyl (C=O) groups is 3. The van der Waals surface area contributed by atoms with Crippen molar-refractivity contribution in [2.24, 2.45) is 17.3 Å².